The van der Waals surface area contributed by atoms with Crippen LogP contribution in [0.4, 0.5) is 4.79 Å². The molecule has 2 unspecified atom stereocenters. The molecule has 2 fully saturated rings. The highest BCUT2D eigenvalue weighted by atomic mass is 28.4. The highest BCUT2D eigenvalue weighted by Gasteiger charge is 2.56. The number of amides is 1. The maximum atomic E-state index is 10.8. The summed E-state index contributed by atoms with van der Waals surface area (Å²) in [6.45, 7) is 11.1. The summed E-state index contributed by atoms with van der Waals surface area (Å²) in [5.41, 5.74) is 0. The van der Waals surface area contributed by atoms with Crippen LogP contribution in [0.3, 0.4) is 0 Å². The third-order valence-corrected chi connectivity index (χ3v) is 9.37. The zero-order valence-corrected chi connectivity index (χ0v) is 13.0. The molecule has 2 aliphatic rings. The molecule has 0 spiro atoms. The summed E-state index contributed by atoms with van der Waals surface area (Å²) < 4.78 is 6.44. The van der Waals surface area contributed by atoms with Crippen molar-refractivity contribution < 1.29 is 14.3 Å². The molecule has 18 heavy (non-hydrogen) atoms. The van der Waals surface area contributed by atoms with Gasteiger partial charge in [0.2, 0.25) is 0 Å². The van der Waals surface area contributed by atoms with Gasteiger partial charge in [0, 0.05) is 0 Å². The van der Waals surface area contributed by atoms with Gasteiger partial charge in [0.15, 0.2) is 8.32 Å². The zero-order valence-electron chi connectivity index (χ0n) is 12.0. The number of nitrogens with one attached hydrogen (secondary N) is 1. The first-order chi connectivity index (χ1) is 8.12. The van der Waals surface area contributed by atoms with Crippen LogP contribution in [0, 0.1) is 11.8 Å². The van der Waals surface area contributed by atoms with Gasteiger partial charge >= 0.3 is 6.09 Å². The van der Waals surface area contributed by atoms with Crippen LogP contribution in [0.25, 0.3) is 0 Å². The van der Waals surface area contributed by atoms with E-state index < -0.39 is 14.4 Å². The lowest BCUT2D eigenvalue weighted by molar-refractivity contribution is 0.126. The van der Waals surface area contributed by atoms with Gasteiger partial charge in [0.1, 0.15) is 0 Å². The normalized spacial score (nSPS) is 35.2. The number of carboxylic acid groups (broad SMARTS) is 1. The van der Waals surface area contributed by atoms with Crippen LogP contribution >= 0.6 is 0 Å². The fraction of sp³-hybridized carbons (Fsp3) is 0.923. The van der Waals surface area contributed by atoms with Gasteiger partial charge in [-0.3, -0.25) is 0 Å². The van der Waals surface area contributed by atoms with Crippen molar-refractivity contribution in [2.75, 3.05) is 0 Å². The molecule has 0 bridgehead atoms. The van der Waals surface area contributed by atoms with Crippen LogP contribution in [0.5, 0.6) is 0 Å². The molecular weight excluding hydrogens is 246 g/mol. The summed E-state index contributed by atoms with van der Waals surface area (Å²) in [6.07, 6.45) is 1.35. The van der Waals surface area contributed by atoms with Crippen molar-refractivity contribution in [1.29, 1.82) is 0 Å². The van der Waals surface area contributed by atoms with Crippen LogP contribution in [-0.2, 0) is 4.43 Å². The van der Waals surface area contributed by atoms with Crippen molar-refractivity contribution in [2.45, 2.75) is 63.9 Å². The molecule has 0 saturated heterocycles. The quantitative estimate of drug-likeness (QED) is 0.776. The Morgan fingerprint density at radius 2 is 1.94 bits per heavy atom. The minimum Gasteiger partial charge on any atom is -0.465 e. The molecule has 0 radical (unpaired) electrons. The van der Waals surface area contributed by atoms with Gasteiger partial charge in [0.25, 0.3) is 0 Å². The van der Waals surface area contributed by atoms with Crippen LogP contribution in [0.15, 0.2) is 0 Å². The highest BCUT2D eigenvalue weighted by Crippen LogP contribution is 2.54. The van der Waals surface area contributed by atoms with Gasteiger partial charge in [-0.25, -0.2) is 4.79 Å². The van der Waals surface area contributed by atoms with Crippen LogP contribution < -0.4 is 5.32 Å². The number of carbonyl (C=O) groups is 1. The lowest BCUT2D eigenvalue weighted by Crippen LogP contribution is -2.50. The molecule has 1 amide bonds. The van der Waals surface area contributed by atoms with Crippen molar-refractivity contribution >= 4 is 14.4 Å². The third kappa shape index (κ3) is 2.57. The summed E-state index contributed by atoms with van der Waals surface area (Å²) in [6, 6.07) is 0.000347. The minimum absolute atomic E-state index is 0.000347. The van der Waals surface area contributed by atoms with E-state index in [2.05, 4.69) is 39.2 Å². The van der Waals surface area contributed by atoms with E-state index in [0.29, 0.717) is 11.8 Å². The maximum Gasteiger partial charge on any atom is 0.404 e. The monoisotopic (exact) mass is 271 g/mol. The number of hydrogen-bond acceptors (Lipinski definition) is 2. The van der Waals surface area contributed by atoms with Crippen molar-refractivity contribution in [3.05, 3.63) is 0 Å². The fourth-order valence-corrected chi connectivity index (χ4v) is 4.06. The summed E-state index contributed by atoms with van der Waals surface area (Å²) in [5, 5.41) is 11.7. The Labute approximate surface area is 110 Å². The molecule has 104 valence electrons. The largest absolute Gasteiger partial charge is 0.465 e. The van der Waals surface area contributed by atoms with E-state index in [1.807, 2.05) is 0 Å². The van der Waals surface area contributed by atoms with E-state index in [-0.39, 0.29) is 17.2 Å². The van der Waals surface area contributed by atoms with E-state index in [0.717, 1.165) is 6.42 Å². The second-order valence-electron chi connectivity index (χ2n) is 7.29. The van der Waals surface area contributed by atoms with Gasteiger partial charge < -0.3 is 14.8 Å². The first kappa shape index (κ1) is 13.9. The smallest absolute Gasteiger partial charge is 0.404 e. The van der Waals surface area contributed by atoms with Crippen LogP contribution in [0.1, 0.15) is 33.6 Å². The van der Waals surface area contributed by atoms with Gasteiger partial charge in [0.05, 0.1) is 12.1 Å². The summed E-state index contributed by atoms with van der Waals surface area (Å²) in [7, 11) is -1.81. The average molecular weight is 271 g/mol. The standard InChI is InChI=1S/C13H25NO3Si/c1-13(2,3)18(4,5)17-11-9-6-8(9)7-10(11)14-12(15)16/h8-11,14H,6-7H2,1-5H3,(H,15,16)/t8-,9?,10-,11?/m0/s1. The molecule has 4 nitrogen and oxygen atoms in total. The topological polar surface area (TPSA) is 58.6 Å². The molecule has 0 aromatic carbocycles. The van der Waals surface area contributed by atoms with E-state index in [9.17, 15) is 4.79 Å². The zero-order chi connectivity index (χ0) is 13.7. The predicted molar refractivity (Wildman–Crippen MR) is 73.2 cm³/mol. The summed E-state index contributed by atoms with van der Waals surface area (Å²) in [4.78, 5) is 10.8. The Morgan fingerprint density at radius 3 is 2.44 bits per heavy atom. The van der Waals surface area contributed by atoms with Crippen LogP contribution in [-0.4, -0.2) is 31.7 Å². The maximum absolute atomic E-state index is 10.8. The average Bonchev–Trinajstić information content (AvgIpc) is 2.83. The van der Waals surface area contributed by atoms with Gasteiger partial charge in [-0.05, 0) is 42.8 Å². The van der Waals surface area contributed by atoms with Crippen LogP contribution in [0.2, 0.25) is 18.1 Å². The fourth-order valence-electron chi connectivity index (χ4n) is 2.69. The molecule has 2 aliphatic carbocycles. The first-order valence-electron chi connectivity index (χ1n) is 6.79. The van der Waals surface area contributed by atoms with Gasteiger partial charge in [-0.15, -0.1) is 0 Å². The Bertz CT molecular complexity index is 351. The Balaban J connectivity index is 2.04. The first-order valence-corrected chi connectivity index (χ1v) is 9.70. The number of hydrogen-bond donors (Lipinski definition) is 2. The minimum atomic E-state index is -1.81. The molecule has 0 aliphatic heterocycles. The van der Waals surface area contributed by atoms with E-state index in [1.165, 1.54) is 6.42 Å². The third-order valence-electron chi connectivity index (χ3n) is 4.90. The number of rotatable bonds is 3. The lowest BCUT2D eigenvalue weighted by atomic mass is 10.1. The number of fused-ring (bicyclic) bond motifs is 1. The lowest BCUT2D eigenvalue weighted by Gasteiger charge is -2.40. The molecule has 2 rings (SSSR count). The molecule has 0 aromatic heterocycles. The second-order valence-corrected chi connectivity index (χ2v) is 12.1. The Kier molecular flexibility index (Phi) is 3.26. The molecule has 2 saturated carbocycles. The van der Waals surface area contributed by atoms with Crippen molar-refractivity contribution in [2.24, 2.45) is 11.8 Å². The second kappa shape index (κ2) is 4.23. The summed E-state index contributed by atoms with van der Waals surface area (Å²) in [5.74, 6) is 1.28. The van der Waals surface area contributed by atoms with E-state index >= 15 is 0 Å². The SMILES string of the molecule is CC(C)(C)[Si](C)(C)OC1C2C[C@H]2C[C@@H]1NC(=O)O. The molecule has 2 N–H and O–H groups in total. The highest BCUT2D eigenvalue weighted by molar-refractivity contribution is 6.74. The summed E-state index contributed by atoms with van der Waals surface area (Å²) >= 11 is 0. The Hall–Kier alpha value is -0.553. The molecule has 0 aromatic rings. The molecule has 4 atom stereocenters. The molecule has 0 heterocycles. The van der Waals surface area contributed by atoms with Gasteiger partial charge in [-0.2, -0.15) is 0 Å². The van der Waals surface area contributed by atoms with Crippen molar-refractivity contribution in [1.82, 2.24) is 5.32 Å². The Morgan fingerprint density at radius 1 is 1.33 bits per heavy atom. The molecule has 5 heteroatoms. The predicted octanol–water partition coefficient (Wildman–Crippen LogP) is 3.05. The van der Waals surface area contributed by atoms with Crippen molar-refractivity contribution in [3.8, 4) is 0 Å². The van der Waals surface area contributed by atoms with E-state index in [4.69, 9.17) is 9.53 Å². The van der Waals surface area contributed by atoms with Crippen molar-refractivity contribution in [3.63, 3.8) is 0 Å². The van der Waals surface area contributed by atoms with E-state index in [1.54, 1.807) is 0 Å². The molecular formula is C13H25NO3Si. The van der Waals surface area contributed by atoms with Gasteiger partial charge in [-0.1, -0.05) is 20.8 Å².